The summed E-state index contributed by atoms with van der Waals surface area (Å²) >= 11 is 5.81. The van der Waals surface area contributed by atoms with Crippen LogP contribution in [0.1, 0.15) is 6.42 Å². The second kappa shape index (κ2) is 6.20. The average molecular weight is 257 g/mol. The lowest BCUT2D eigenvalue weighted by Gasteiger charge is -2.17. The number of primary amides is 1. The number of carbonyl (C=O) groups excluding carboxylic acids is 1. The molecule has 17 heavy (non-hydrogen) atoms. The Bertz CT molecular complexity index is 387. The van der Waals surface area contributed by atoms with E-state index in [0.717, 1.165) is 11.5 Å². The second-order valence-electron chi connectivity index (χ2n) is 3.73. The summed E-state index contributed by atoms with van der Waals surface area (Å²) in [5.41, 5.74) is 11.0. The van der Waals surface area contributed by atoms with Crippen LogP contribution < -0.4 is 22.1 Å². The van der Waals surface area contributed by atoms with Crippen molar-refractivity contribution >= 4 is 17.5 Å². The van der Waals surface area contributed by atoms with Gasteiger partial charge in [0.15, 0.2) is 0 Å². The maximum Gasteiger partial charge on any atom is 0.268 e. The Kier molecular flexibility index (Phi) is 4.90. The molecule has 0 bridgehead atoms. The van der Waals surface area contributed by atoms with E-state index in [-0.39, 0.29) is 17.4 Å². The predicted molar refractivity (Wildman–Crippen MR) is 68.7 cm³/mol. The van der Waals surface area contributed by atoms with Crippen molar-refractivity contribution in [2.24, 2.45) is 17.4 Å². The fourth-order valence-electron chi connectivity index (χ4n) is 1.46. The van der Waals surface area contributed by atoms with Crippen LogP contribution in [0.5, 0.6) is 0 Å². The van der Waals surface area contributed by atoms with E-state index in [1.807, 2.05) is 18.2 Å². The van der Waals surface area contributed by atoms with Crippen molar-refractivity contribution in [2.45, 2.75) is 6.42 Å². The highest BCUT2D eigenvalue weighted by atomic mass is 35.5. The van der Waals surface area contributed by atoms with Crippen LogP contribution in [0.2, 0.25) is 0 Å². The molecule has 1 rings (SSSR count). The summed E-state index contributed by atoms with van der Waals surface area (Å²) < 4.78 is 0. The van der Waals surface area contributed by atoms with Crippen LogP contribution in [-0.4, -0.2) is 19.5 Å². The molecule has 0 aromatic carbocycles. The van der Waals surface area contributed by atoms with Crippen LogP contribution in [-0.2, 0) is 4.79 Å². The molecule has 1 unspecified atom stereocenters. The highest BCUT2D eigenvalue weighted by Gasteiger charge is 2.13. The Morgan fingerprint density at radius 2 is 2.29 bits per heavy atom. The van der Waals surface area contributed by atoms with Gasteiger partial charge in [-0.2, -0.15) is 0 Å². The highest BCUT2D eigenvalue weighted by Crippen LogP contribution is 2.18. The molecule has 0 spiro atoms. The van der Waals surface area contributed by atoms with Crippen molar-refractivity contribution < 1.29 is 4.79 Å². The largest absolute Gasteiger partial charge is 0.384 e. The molecule has 1 amide bonds. The lowest BCUT2D eigenvalue weighted by Crippen LogP contribution is -2.35. The first-order valence-corrected chi connectivity index (χ1v) is 5.67. The van der Waals surface area contributed by atoms with E-state index < -0.39 is 5.91 Å². The van der Waals surface area contributed by atoms with E-state index in [2.05, 4.69) is 10.6 Å². The van der Waals surface area contributed by atoms with E-state index in [9.17, 15) is 4.79 Å². The molecule has 0 radical (unpaired) electrons. The SMILES string of the molecule is CN/C(N)=C(/NCC1C=CC(Cl)=CC1)C(N)=O. The first kappa shape index (κ1) is 13.4. The minimum absolute atomic E-state index is 0.210. The van der Waals surface area contributed by atoms with E-state index >= 15 is 0 Å². The predicted octanol–water partition coefficient (Wildman–Crippen LogP) is 0.107. The Morgan fingerprint density at radius 1 is 1.59 bits per heavy atom. The van der Waals surface area contributed by atoms with Crippen molar-refractivity contribution in [3.63, 3.8) is 0 Å². The molecule has 5 nitrogen and oxygen atoms in total. The number of hydrogen-bond donors (Lipinski definition) is 4. The smallest absolute Gasteiger partial charge is 0.268 e. The van der Waals surface area contributed by atoms with Crippen molar-refractivity contribution in [3.05, 3.63) is 34.8 Å². The Labute approximate surface area is 106 Å². The minimum atomic E-state index is -0.579. The van der Waals surface area contributed by atoms with Crippen molar-refractivity contribution in [1.82, 2.24) is 10.6 Å². The van der Waals surface area contributed by atoms with Gasteiger partial charge in [0.05, 0.1) is 0 Å². The van der Waals surface area contributed by atoms with Crippen LogP contribution in [0, 0.1) is 5.92 Å². The molecular weight excluding hydrogens is 240 g/mol. The molecule has 1 aliphatic carbocycles. The normalized spacial score (nSPS) is 20.4. The monoisotopic (exact) mass is 256 g/mol. The molecule has 0 aromatic rings. The Balaban J connectivity index is 2.55. The molecule has 6 heteroatoms. The summed E-state index contributed by atoms with van der Waals surface area (Å²) in [6.07, 6.45) is 6.59. The summed E-state index contributed by atoms with van der Waals surface area (Å²) in [5, 5.41) is 6.37. The molecular formula is C11H17ClN4O. The van der Waals surface area contributed by atoms with Gasteiger partial charge in [0.2, 0.25) is 0 Å². The summed E-state index contributed by atoms with van der Waals surface area (Å²) in [7, 11) is 1.63. The van der Waals surface area contributed by atoms with E-state index in [0.29, 0.717) is 6.54 Å². The van der Waals surface area contributed by atoms with Crippen LogP contribution in [0.4, 0.5) is 0 Å². The molecule has 0 saturated carbocycles. The molecule has 1 aliphatic rings. The first-order chi connectivity index (χ1) is 8.04. The summed E-state index contributed by atoms with van der Waals surface area (Å²) in [6, 6.07) is 0. The highest BCUT2D eigenvalue weighted by molar-refractivity contribution is 6.31. The summed E-state index contributed by atoms with van der Waals surface area (Å²) in [4.78, 5) is 11.2. The van der Waals surface area contributed by atoms with Gasteiger partial charge in [-0.3, -0.25) is 4.79 Å². The number of allylic oxidation sites excluding steroid dienone is 3. The zero-order valence-electron chi connectivity index (χ0n) is 9.66. The van der Waals surface area contributed by atoms with Crippen LogP contribution in [0.15, 0.2) is 34.8 Å². The molecule has 1 atom stereocenters. The maximum absolute atomic E-state index is 11.2. The molecule has 0 fully saturated rings. The van der Waals surface area contributed by atoms with Gasteiger partial charge >= 0.3 is 0 Å². The molecule has 0 saturated heterocycles. The van der Waals surface area contributed by atoms with Crippen LogP contribution >= 0.6 is 11.6 Å². The van der Waals surface area contributed by atoms with Crippen molar-refractivity contribution in [2.75, 3.05) is 13.6 Å². The second-order valence-corrected chi connectivity index (χ2v) is 4.16. The topological polar surface area (TPSA) is 93.2 Å². The van der Waals surface area contributed by atoms with Crippen molar-refractivity contribution in [1.29, 1.82) is 0 Å². The third-order valence-electron chi connectivity index (χ3n) is 2.47. The van der Waals surface area contributed by atoms with Gasteiger partial charge in [-0.25, -0.2) is 0 Å². The Hall–Kier alpha value is -1.62. The van der Waals surface area contributed by atoms with E-state index in [4.69, 9.17) is 23.1 Å². The lowest BCUT2D eigenvalue weighted by molar-refractivity contribution is -0.115. The number of halogens is 1. The zero-order valence-corrected chi connectivity index (χ0v) is 10.4. The van der Waals surface area contributed by atoms with Gasteiger partial charge in [0.25, 0.3) is 5.91 Å². The number of carbonyl (C=O) groups is 1. The lowest BCUT2D eigenvalue weighted by atomic mass is 10.0. The number of nitrogens with two attached hydrogens (primary N) is 2. The van der Waals surface area contributed by atoms with Crippen molar-refractivity contribution in [3.8, 4) is 0 Å². The van der Waals surface area contributed by atoms with Gasteiger partial charge < -0.3 is 22.1 Å². The molecule has 0 heterocycles. The molecule has 0 aromatic heterocycles. The molecule has 94 valence electrons. The number of nitrogens with one attached hydrogen (secondary N) is 2. The molecule has 6 N–H and O–H groups in total. The van der Waals surface area contributed by atoms with Gasteiger partial charge in [-0.05, 0) is 18.4 Å². The van der Waals surface area contributed by atoms with Gasteiger partial charge in [0.1, 0.15) is 11.5 Å². The fraction of sp³-hybridized carbons (Fsp3) is 0.364. The number of amides is 1. The first-order valence-electron chi connectivity index (χ1n) is 5.29. The third kappa shape index (κ3) is 4.03. The van der Waals surface area contributed by atoms with Gasteiger partial charge in [0, 0.05) is 18.6 Å². The third-order valence-corrected chi connectivity index (χ3v) is 2.75. The minimum Gasteiger partial charge on any atom is -0.384 e. The quantitative estimate of drug-likeness (QED) is 0.525. The molecule has 0 aliphatic heterocycles. The summed E-state index contributed by atoms with van der Waals surface area (Å²) in [5.74, 6) is -0.0624. The number of hydrogen-bond acceptors (Lipinski definition) is 4. The number of rotatable bonds is 5. The average Bonchev–Trinajstić information content (AvgIpc) is 2.31. The van der Waals surface area contributed by atoms with Gasteiger partial charge in [-0.1, -0.05) is 23.8 Å². The fourth-order valence-corrected chi connectivity index (χ4v) is 1.63. The van der Waals surface area contributed by atoms with Crippen LogP contribution in [0.25, 0.3) is 0 Å². The Morgan fingerprint density at radius 3 is 2.76 bits per heavy atom. The van der Waals surface area contributed by atoms with Crippen LogP contribution in [0.3, 0.4) is 0 Å². The summed E-state index contributed by atoms with van der Waals surface area (Å²) in [6.45, 7) is 0.581. The standard InChI is InChI=1S/C11H17ClN4O/c1-15-10(13)9(11(14)17)16-6-7-2-4-8(12)5-3-7/h2,4-5,7,15-16H,3,6,13H2,1H3,(H2,14,17)/b10-9+. The van der Waals surface area contributed by atoms with E-state index in [1.165, 1.54) is 0 Å². The zero-order chi connectivity index (χ0) is 12.8. The van der Waals surface area contributed by atoms with Gasteiger partial charge in [-0.15, -0.1) is 0 Å². The maximum atomic E-state index is 11.2. The van der Waals surface area contributed by atoms with E-state index in [1.54, 1.807) is 7.05 Å².